The molecule has 1 aromatic rings. The molecule has 0 unspecified atom stereocenters. The standard InChI is InChI=1S/C19H29NO/c1-2-3-4-5-6-7-8-9-10-19(21)16-11-12-17-14-20-15-18(17)13-16/h11-13,20H,2-10,14-15H2,1H3. The van der Waals surface area contributed by atoms with Gasteiger partial charge in [0.05, 0.1) is 0 Å². The summed E-state index contributed by atoms with van der Waals surface area (Å²) < 4.78 is 0. The van der Waals surface area contributed by atoms with Crippen molar-refractivity contribution in [1.82, 2.24) is 5.32 Å². The Balaban J connectivity index is 1.61. The topological polar surface area (TPSA) is 29.1 Å². The van der Waals surface area contributed by atoms with Gasteiger partial charge < -0.3 is 5.32 Å². The van der Waals surface area contributed by atoms with Crippen LogP contribution in [0.1, 0.15) is 86.2 Å². The Kier molecular flexibility index (Phi) is 6.94. The largest absolute Gasteiger partial charge is 0.309 e. The fourth-order valence-electron chi connectivity index (χ4n) is 3.03. The van der Waals surface area contributed by atoms with Crippen molar-refractivity contribution in [3.8, 4) is 0 Å². The van der Waals surface area contributed by atoms with Crippen molar-refractivity contribution in [2.24, 2.45) is 0 Å². The molecule has 0 aromatic heterocycles. The van der Waals surface area contributed by atoms with Crippen LogP contribution in [0.5, 0.6) is 0 Å². The third kappa shape index (κ3) is 5.28. The molecule has 0 amide bonds. The van der Waals surface area contributed by atoms with Crippen LogP contribution in [0, 0.1) is 0 Å². The van der Waals surface area contributed by atoms with E-state index in [0.717, 1.165) is 25.1 Å². The molecule has 0 saturated heterocycles. The second-order valence-electron chi connectivity index (χ2n) is 6.24. The van der Waals surface area contributed by atoms with Gasteiger partial charge in [0.1, 0.15) is 0 Å². The summed E-state index contributed by atoms with van der Waals surface area (Å²) in [5.41, 5.74) is 3.55. The number of Topliss-reactive ketones (excluding diaryl/α,β-unsaturated/α-hetero) is 1. The molecule has 116 valence electrons. The van der Waals surface area contributed by atoms with Gasteiger partial charge in [-0.3, -0.25) is 4.79 Å². The first kappa shape index (κ1) is 16.2. The molecule has 2 nitrogen and oxygen atoms in total. The molecule has 1 N–H and O–H groups in total. The van der Waals surface area contributed by atoms with Crippen LogP contribution >= 0.6 is 0 Å². The molecule has 1 aliphatic heterocycles. The summed E-state index contributed by atoms with van der Waals surface area (Å²) in [6.07, 6.45) is 11.0. The van der Waals surface area contributed by atoms with E-state index in [0.29, 0.717) is 12.2 Å². The zero-order chi connectivity index (χ0) is 14.9. The molecule has 0 fully saturated rings. The lowest BCUT2D eigenvalue weighted by molar-refractivity contribution is 0.0979. The van der Waals surface area contributed by atoms with E-state index in [9.17, 15) is 4.79 Å². The number of rotatable bonds is 10. The highest BCUT2D eigenvalue weighted by molar-refractivity contribution is 5.96. The molecule has 0 radical (unpaired) electrons. The summed E-state index contributed by atoms with van der Waals surface area (Å²) in [7, 11) is 0. The first-order valence-electron chi connectivity index (χ1n) is 8.67. The second kappa shape index (κ2) is 8.99. The van der Waals surface area contributed by atoms with Gasteiger partial charge >= 0.3 is 0 Å². The summed E-state index contributed by atoms with van der Waals surface area (Å²) in [5.74, 6) is 0.315. The molecule has 2 rings (SSSR count). The van der Waals surface area contributed by atoms with Crippen molar-refractivity contribution in [3.05, 3.63) is 34.9 Å². The van der Waals surface area contributed by atoms with Crippen LogP contribution in [0.4, 0.5) is 0 Å². The van der Waals surface area contributed by atoms with Gasteiger partial charge in [-0.15, -0.1) is 0 Å². The Morgan fingerprint density at radius 3 is 2.38 bits per heavy atom. The van der Waals surface area contributed by atoms with E-state index in [-0.39, 0.29) is 0 Å². The van der Waals surface area contributed by atoms with Crippen LogP contribution in [0.2, 0.25) is 0 Å². The van der Waals surface area contributed by atoms with Crippen molar-refractivity contribution in [2.75, 3.05) is 0 Å². The Morgan fingerprint density at radius 2 is 1.62 bits per heavy atom. The minimum absolute atomic E-state index is 0.315. The van der Waals surface area contributed by atoms with Crippen molar-refractivity contribution < 1.29 is 4.79 Å². The molecular weight excluding hydrogens is 258 g/mol. The van der Waals surface area contributed by atoms with Gasteiger partial charge in [-0.1, -0.05) is 64.0 Å². The third-order valence-corrected chi connectivity index (χ3v) is 4.42. The van der Waals surface area contributed by atoms with Crippen molar-refractivity contribution in [2.45, 2.75) is 77.8 Å². The Bertz CT molecular complexity index is 453. The summed E-state index contributed by atoms with van der Waals surface area (Å²) in [4.78, 5) is 12.2. The zero-order valence-electron chi connectivity index (χ0n) is 13.4. The minimum Gasteiger partial charge on any atom is -0.309 e. The summed E-state index contributed by atoms with van der Waals surface area (Å²) >= 11 is 0. The van der Waals surface area contributed by atoms with E-state index in [1.807, 2.05) is 6.07 Å². The average Bonchev–Trinajstić information content (AvgIpc) is 2.97. The van der Waals surface area contributed by atoms with Gasteiger partial charge in [-0.2, -0.15) is 0 Å². The van der Waals surface area contributed by atoms with Crippen molar-refractivity contribution in [1.29, 1.82) is 0 Å². The van der Waals surface area contributed by atoms with Gasteiger partial charge in [-0.05, 0) is 23.6 Å². The Hall–Kier alpha value is -1.15. The molecule has 1 heterocycles. The lowest BCUT2D eigenvalue weighted by Crippen LogP contribution is -2.01. The fraction of sp³-hybridized carbons (Fsp3) is 0.632. The van der Waals surface area contributed by atoms with E-state index in [2.05, 4.69) is 24.4 Å². The molecular formula is C19H29NO. The maximum absolute atomic E-state index is 12.2. The average molecular weight is 287 g/mol. The molecule has 1 aliphatic rings. The van der Waals surface area contributed by atoms with Crippen molar-refractivity contribution in [3.63, 3.8) is 0 Å². The highest BCUT2D eigenvalue weighted by Crippen LogP contribution is 2.19. The first-order chi connectivity index (χ1) is 10.3. The van der Waals surface area contributed by atoms with Crippen molar-refractivity contribution >= 4 is 5.78 Å². The predicted octanol–water partition coefficient (Wildman–Crippen LogP) is 5.00. The molecule has 0 bridgehead atoms. The number of ketones is 1. The Labute approximate surface area is 129 Å². The number of hydrogen-bond acceptors (Lipinski definition) is 2. The highest BCUT2D eigenvalue weighted by atomic mass is 16.1. The summed E-state index contributed by atoms with van der Waals surface area (Å²) in [6.45, 7) is 4.11. The predicted molar refractivity (Wildman–Crippen MR) is 88.5 cm³/mol. The second-order valence-corrected chi connectivity index (χ2v) is 6.24. The monoisotopic (exact) mass is 287 g/mol. The molecule has 1 aromatic carbocycles. The van der Waals surface area contributed by atoms with E-state index in [1.165, 1.54) is 56.1 Å². The van der Waals surface area contributed by atoms with Gasteiger partial charge in [0, 0.05) is 25.1 Å². The number of hydrogen-bond donors (Lipinski definition) is 1. The van der Waals surface area contributed by atoms with Crippen LogP contribution < -0.4 is 5.32 Å². The molecule has 2 heteroatoms. The van der Waals surface area contributed by atoms with Gasteiger partial charge in [0.2, 0.25) is 0 Å². The molecule has 0 atom stereocenters. The van der Waals surface area contributed by atoms with E-state index < -0.39 is 0 Å². The van der Waals surface area contributed by atoms with E-state index in [4.69, 9.17) is 0 Å². The SMILES string of the molecule is CCCCCCCCCCC(=O)c1ccc2c(c1)CNC2. The van der Waals surface area contributed by atoms with Crippen LogP contribution in [0.3, 0.4) is 0 Å². The number of fused-ring (bicyclic) bond motifs is 1. The maximum atomic E-state index is 12.2. The molecule has 21 heavy (non-hydrogen) atoms. The highest BCUT2D eigenvalue weighted by Gasteiger charge is 2.13. The number of carbonyl (C=O) groups is 1. The van der Waals surface area contributed by atoms with Crippen LogP contribution in [0.25, 0.3) is 0 Å². The number of unbranched alkanes of at least 4 members (excludes halogenated alkanes) is 7. The van der Waals surface area contributed by atoms with Crippen LogP contribution in [-0.4, -0.2) is 5.78 Å². The normalized spacial score (nSPS) is 13.4. The van der Waals surface area contributed by atoms with E-state index >= 15 is 0 Å². The Morgan fingerprint density at radius 1 is 0.952 bits per heavy atom. The quantitative estimate of drug-likeness (QED) is 0.484. The number of benzene rings is 1. The lowest BCUT2D eigenvalue weighted by atomic mass is 10.00. The van der Waals surface area contributed by atoms with Crippen LogP contribution in [0.15, 0.2) is 18.2 Å². The summed E-state index contributed by atoms with van der Waals surface area (Å²) in [5, 5.41) is 3.32. The van der Waals surface area contributed by atoms with E-state index in [1.54, 1.807) is 0 Å². The van der Waals surface area contributed by atoms with Crippen LogP contribution in [-0.2, 0) is 13.1 Å². The van der Waals surface area contributed by atoms with Gasteiger partial charge in [0.25, 0.3) is 0 Å². The fourth-order valence-corrected chi connectivity index (χ4v) is 3.03. The van der Waals surface area contributed by atoms with Gasteiger partial charge in [0.15, 0.2) is 5.78 Å². The first-order valence-corrected chi connectivity index (χ1v) is 8.67. The minimum atomic E-state index is 0.315. The van der Waals surface area contributed by atoms with Gasteiger partial charge in [-0.25, -0.2) is 0 Å². The zero-order valence-corrected chi connectivity index (χ0v) is 13.4. The number of carbonyl (C=O) groups excluding carboxylic acids is 1. The molecule has 0 saturated carbocycles. The summed E-state index contributed by atoms with van der Waals surface area (Å²) in [6, 6.07) is 6.19. The smallest absolute Gasteiger partial charge is 0.162 e. The molecule has 0 spiro atoms. The molecule has 0 aliphatic carbocycles. The number of nitrogens with one attached hydrogen (secondary N) is 1. The third-order valence-electron chi connectivity index (χ3n) is 4.42. The maximum Gasteiger partial charge on any atom is 0.162 e. The lowest BCUT2D eigenvalue weighted by Gasteiger charge is -2.04.